The molecular formula is C25H19F2N3. The maximum absolute atomic E-state index is 15.1. The van der Waals surface area contributed by atoms with E-state index in [-0.39, 0.29) is 11.4 Å². The second-order valence-corrected chi connectivity index (χ2v) is 7.17. The molecule has 0 bridgehead atoms. The van der Waals surface area contributed by atoms with E-state index in [2.05, 4.69) is 9.97 Å². The van der Waals surface area contributed by atoms with Crippen molar-refractivity contribution >= 4 is 10.8 Å². The summed E-state index contributed by atoms with van der Waals surface area (Å²) in [5.41, 5.74) is 3.22. The molecule has 30 heavy (non-hydrogen) atoms. The standard InChI is InChI=1S/C25H19F2N3/c1-2-16-14-29-25(30-15-16)20-9-10-22-19(12-20)8-7-18(24(22)27)5-3-17-4-6-21(13-28)23(26)11-17/h4,6-12,14-15H,2-3,5H2,1H3. The average molecular weight is 399 g/mol. The molecule has 0 aliphatic carbocycles. The molecule has 5 heteroatoms. The third kappa shape index (κ3) is 3.90. The van der Waals surface area contributed by atoms with Crippen molar-refractivity contribution in [3.8, 4) is 17.5 Å². The van der Waals surface area contributed by atoms with Gasteiger partial charge in [0.2, 0.25) is 0 Å². The number of hydrogen-bond acceptors (Lipinski definition) is 3. The zero-order valence-corrected chi connectivity index (χ0v) is 16.5. The fraction of sp³-hybridized carbons (Fsp3) is 0.160. The Hall–Kier alpha value is -3.65. The number of nitrogens with zero attached hydrogens (tertiary/aromatic N) is 3. The van der Waals surface area contributed by atoms with E-state index in [9.17, 15) is 4.39 Å². The van der Waals surface area contributed by atoms with Crippen LogP contribution in [0.3, 0.4) is 0 Å². The maximum Gasteiger partial charge on any atom is 0.159 e. The SMILES string of the molecule is CCc1cnc(-c2ccc3c(F)c(CCc4ccc(C#N)c(F)c4)ccc3c2)nc1. The average Bonchev–Trinajstić information content (AvgIpc) is 2.78. The Morgan fingerprint density at radius 1 is 0.900 bits per heavy atom. The lowest BCUT2D eigenvalue weighted by Gasteiger charge is -2.09. The predicted molar refractivity (Wildman–Crippen MR) is 113 cm³/mol. The van der Waals surface area contributed by atoms with Crippen LogP contribution in [0.2, 0.25) is 0 Å². The van der Waals surface area contributed by atoms with Gasteiger partial charge in [0, 0.05) is 23.3 Å². The summed E-state index contributed by atoms with van der Waals surface area (Å²) >= 11 is 0. The van der Waals surface area contributed by atoms with Gasteiger partial charge in [-0.25, -0.2) is 18.7 Å². The highest BCUT2D eigenvalue weighted by Gasteiger charge is 2.11. The molecule has 0 N–H and O–H groups in total. The first kappa shape index (κ1) is 19.7. The van der Waals surface area contributed by atoms with Gasteiger partial charge in [0.1, 0.15) is 17.7 Å². The van der Waals surface area contributed by atoms with Gasteiger partial charge in [0.05, 0.1) is 5.56 Å². The number of nitriles is 1. The van der Waals surface area contributed by atoms with Crippen molar-refractivity contribution in [1.29, 1.82) is 5.26 Å². The van der Waals surface area contributed by atoms with Gasteiger partial charge in [-0.05, 0) is 59.5 Å². The Balaban J connectivity index is 1.58. The van der Waals surface area contributed by atoms with Crippen molar-refractivity contribution in [3.63, 3.8) is 0 Å². The zero-order valence-electron chi connectivity index (χ0n) is 16.5. The summed E-state index contributed by atoms with van der Waals surface area (Å²) in [7, 11) is 0. The van der Waals surface area contributed by atoms with Gasteiger partial charge in [-0.1, -0.05) is 37.3 Å². The van der Waals surface area contributed by atoms with E-state index in [1.807, 2.05) is 37.5 Å². The summed E-state index contributed by atoms with van der Waals surface area (Å²) in [5, 5.41) is 10.1. The number of aryl methyl sites for hydroxylation is 3. The van der Waals surface area contributed by atoms with E-state index in [1.54, 1.807) is 24.3 Å². The van der Waals surface area contributed by atoms with Gasteiger partial charge in [-0.2, -0.15) is 5.26 Å². The largest absolute Gasteiger partial charge is 0.236 e. The van der Waals surface area contributed by atoms with E-state index >= 15 is 4.39 Å². The van der Waals surface area contributed by atoms with Crippen LogP contribution in [0.4, 0.5) is 8.78 Å². The quantitative estimate of drug-likeness (QED) is 0.426. The molecule has 1 aromatic heterocycles. The van der Waals surface area contributed by atoms with E-state index in [4.69, 9.17) is 5.26 Å². The molecule has 148 valence electrons. The first-order valence-electron chi connectivity index (χ1n) is 9.80. The summed E-state index contributed by atoms with van der Waals surface area (Å²) in [4.78, 5) is 8.79. The van der Waals surface area contributed by atoms with Crippen LogP contribution in [0, 0.1) is 23.0 Å². The Labute approximate surface area is 173 Å². The molecule has 0 fully saturated rings. The van der Waals surface area contributed by atoms with Crippen LogP contribution in [-0.2, 0) is 19.3 Å². The van der Waals surface area contributed by atoms with Crippen molar-refractivity contribution in [1.82, 2.24) is 9.97 Å². The van der Waals surface area contributed by atoms with Gasteiger partial charge < -0.3 is 0 Å². The Kier molecular flexibility index (Phi) is 5.49. The number of fused-ring (bicyclic) bond motifs is 1. The van der Waals surface area contributed by atoms with Gasteiger partial charge in [-0.15, -0.1) is 0 Å². The molecule has 3 nitrogen and oxygen atoms in total. The lowest BCUT2D eigenvalue weighted by Crippen LogP contribution is -1.97. The van der Waals surface area contributed by atoms with E-state index in [0.29, 0.717) is 29.6 Å². The van der Waals surface area contributed by atoms with Gasteiger partial charge in [0.15, 0.2) is 5.82 Å². The molecule has 0 amide bonds. The molecule has 1 heterocycles. The minimum Gasteiger partial charge on any atom is -0.236 e. The molecule has 0 atom stereocenters. The van der Waals surface area contributed by atoms with Crippen molar-refractivity contribution in [3.05, 3.63) is 94.8 Å². The van der Waals surface area contributed by atoms with Crippen molar-refractivity contribution in [2.45, 2.75) is 26.2 Å². The third-order valence-electron chi connectivity index (χ3n) is 5.24. The zero-order chi connectivity index (χ0) is 21.1. The van der Waals surface area contributed by atoms with Crippen LogP contribution in [0.15, 0.2) is 60.9 Å². The summed E-state index contributed by atoms with van der Waals surface area (Å²) in [6.07, 6.45) is 5.42. The van der Waals surface area contributed by atoms with Crippen LogP contribution >= 0.6 is 0 Å². The highest BCUT2D eigenvalue weighted by molar-refractivity contribution is 5.87. The topological polar surface area (TPSA) is 49.6 Å². The second-order valence-electron chi connectivity index (χ2n) is 7.17. The van der Waals surface area contributed by atoms with Crippen molar-refractivity contribution < 1.29 is 8.78 Å². The molecular weight excluding hydrogens is 380 g/mol. The monoisotopic (exact) mass is 399 g/mol. The van der Waals surface area contributed by atoms with Gasteiger partial charge in [-0.3, -0.25) is 0 Å². The van der Waals surface area contributed by atoms with E-state index in [1.165, 1.54) is 12.1 Å². The summed E-state index contributed by atoms with van der Waals surface area (Å²) in [5.74, 6) is -0.201. The molecule has 4 rings (SSSR count). The third-order valence-corrected chi connectivity index (χ3v) is 5.24. The number of hydrogen-bond donors (Lipinski definition) is 0. The fourth-order valence-electron chi connectivity index (χ4n) is 3.44. The molecule has 4 aromatic rings. The Morgan fingerprint density at radius 2 is 1.70 bits per heavy atom. The first-order chi connectivity index (χ1) is 14.6. The van der Waals surface area contributed by atoms with Crippen LogP contribution in [0.1, 0.15) is 29.2 Å². The van der Waals surface area contributed by atoms with Crippen molar-refractivity contribution in [2.75, 3.05) is 0 Å². The summed E-state index contributed by atoms with van der Waals surface area (Å²) in [6, 6.07) is 15.4. The lowest BCUT2D eigenvalue weighted by molar-refractivity contribution is 0.616. The maximum atomic E-state index is 15.1. The Bertz CT molecular complexity index is 1260. The highest BCUT2D eigenvalue weighted by atomic mass is 19.1. The smallest absolute Gasteiger partial charge is 0.159 e. The number of benzene rings is 3. The van der Waals surface area contributed by atoms with Gasteiger partial charge >= 0.3 is 0 Å². The molecule has 0 saturated heterocycles. The lowest BCUT2D eigenvalue weighted by atomic mass is 9.98. The van der Waals surface area contributed by atoms with E-state index < -0.39 is 5.82 Å². The van der Waals surface area contributed by atoms with E-state index in [0.717, 1.165) is 28.5 Å². The molecule has 0 aliphatic rings. The first-order valence-corrected chi connectivity index (χ1v) is 9.80. The number of halogens is 2. The summed E-state index contributed by atoms with van der Waals surface area (Å²) < 4.78 is 28.8. The minimum atomic E-state index is -0.546. The number of rotatable bonds is 5. The molecule has 0 spiro atoms. The van der Waals surface area contributed by atoms with Gasteiger partial charge in [0.25, 0.3) is 0 Å². The van der Waals surface area contributed by atoms with Crippen molar-refractivity contribution in [2.24, 2.45) is 0 Å². The minimum absolute atomic E-state index is 0.0137. The highest BCUT2D eigenvalue weighted by Crippen LogP contribution is 2.27. The molecule has 0 radical (unpaired) electrons. The summed E-state index contributed by atoms with van der Waals surface area (Å²) in [6.45, 7) is 2.05. The fourth-order valence-corrected chi connectivity index (χ4v) is 3.44. The molecule has 0 aliphatic heterocycles. The molecule has 0 saturated carbocycles. The Morgan fingerprint density at radius 3 is 2.40 bits per heavy atom. The van der Waals surface area contributed by atoms with Crippen LogP contribution in [0.25, 0.3) is 22.2 Å². The normalized spacial score (nSPS) is 10.9. The van der Waals surface area contributed by atoms with Crippen LogP contribution in [-0.4, -0.2) is 9.97 Å². The molecule has 0 unspecified atom stereocenters. The second kappa shape index (κ2) is 8.38. The van der Waals surface area contributed by atoms with Crippen LogP contribution < -0.4 is 0 Å². The molecule has 3 aromatic carbocycles. The number of aromatic nitrogens is 2. The van der Waals surface area contributed by atoms with Crippen LogP contribution in [0.5, 0.6) is 0 Å². The predicted octanol–water partition coefficient (Wildman–Crippen LogP) is 5.79.